The molecule has 0 atom stereocenters. The molecule has 0 saturated carbocycles. The van der Waals surface area contributed by atoms with Crippen LogP contribution in [-0.2, 0) is 4.74 Å². The first-order valence-corrected chi connectivity index (χ1v) is 8.30. The molecule has 0 saturated heterocycles. The zero-order valence-electron chi connectivity index (χ0n) is 14.4. The molecule has 0 aliphatic rings. The van der Waals surface area contributed by atoms with Crippen molar-refractivity contribution in [2.75, 3.05) is 13.7 Å². The molecular formula is C20H20N2O3. The highest BCUT2D eigenvalue weighted by Crippen LogP contribution is 2.29. The van der Waals surface area contributed by atoms with Crippen molar-refractivity contribution in [2.45, 2.75) is 19.8 Å². The summed E-state index contributed by atoms with van der Waals surface area (Å²) in [5.41, 5.74) is 2.05. The first-order chi connectivity index (χ1) is 12.2. The van der Waals surface area contributed by atoms with Crippen LogP contribution < -0.4 is 4.74 Å². The Kier molecular flexibility index (Phi) is 5.23. The van der Waals surface area contributed by atoms with E-state index in [2.05, 4.69) is 16.9 Å². The van der Waals surface area contributed by atoms with Gasteiger partial charge in [-0.15, -0.1) is 0 Å². The third-order valence-electron chi connectivity index (χ3n) is 3.90. The zero-order chi connectivity index (χ0) is 17.6. The van der Waals surface area contributed by atoms with E-state index in [0.29, 0.717) is 23.7 Å². The normalized spacial score (nSPS) is 10.6. The fraction of sp³-hybridized carbons (Fsp3) is 0.250. The average molecular weight is 336 g/mol. The van der Waals surface area contributed by atoms with Crippen LogP contribution in [0.3, 0.4) is 0 Å². The maximum atomic E-state index is 12.1. The lowest BCUT2D eigenvalue weighted by molar-refractivity contribution is 0.0499. The maximum Gasteiger partial charge on any atom is 0.338 e. The van der Waals surface area contributed by atoms with Gasteiger partial charge in [-0.25, -0.2) is 14.8 Å². The van der Waals surface area contributed by atoms with Gasteiger partial charge < -0.3 is 9.47 Å². The third-order valence-corrected chi connectivity index (χ3v) is 3.90. The quantitative estimate of drug-likeness (QED) is 0.497. The van der Waals surface area contributed by atoms with Gasteiger partial charge in [0.1, 0.15) is 5.75 Å². The molecule has 5 nitrogen and oxygen atoms in total. The number of aromatic nitrogens is 2. The number of esters is 1. The standard InChI is InChI=1S/C20H20N2O3/c1-3-4-11-25-20(23)14-9-10-16(18(12-14)24-2)19-21-13-15-7-5-6-8-17(15)22-19/h5-10,12-13H,3-4,11H2,1-2H3. The van der Waals surface area contributed by atoms with Gasteiger partial charge in [0.25, 0.3) is 0 Å². The topological polar surface area (TPSA) is 61.3 Å². The lowest BCUT2D eigenvalue weighted by Crippen LogP contribution is -2.07. The third kappa shape index (κ3) is 3.76. The number of ether oxygens (including phenoxy) is 2. The van der Waals surface area contributed by atoms with E-state index in [1.54, 1.807) is 31.5 Å². The summed E-state index contributed by atoms with van der Waals surface area (Å²) >= 11 is 0. The maximum absolute atomic E-state index is 12.1. The van der Waals surface area contributed by atoms with Crippen molar-refractivity contribution in [1.29, 1.82) is 0 Å². The fourth-order valence-corrected chi connectivity index (χ4v) is 2.50. The Morgan fingerprint density at radius 1 is 1.16 bits per heavy atom. The molecule has 0 radical (unpaired) electrons. The molecular weight excluding hydrogens is 316 g/mol. The number of hydrogen-bond acceptors (Lipinski definition) is 5. The van der Waals surface area contributed by atoms with Crippen LogP contribution >= 0.6 is 0 Å². The molecule has 3 aromatic rings. The first-order valence-electron chi connectivity index (χ1n) is 8.30. The minimum atomic E-state index is -0.349. The molecule has 3 rings (SSSR count). The number of nitrogens with zero attached hydrogens (tertiary/aromatic N) is 2. The second-order valence-corrected chi connectivity index (χ2v) is 5.66. The lowest BCUT2D eigenvalue weighted by Gasteiger charge is -2.10. The molecule has 128 valence electrons. The van der Waals surface area contributed by atoms with E-state index in [1.165, 1.54) is 0 Å². The van der Waals surface area contributed by atoms with Crippen molar-refractivity contribution in [3.63, 3.8) is 0 Å². The van der Waals surface area contributed by atoms with Gasteiger partial charge >= 0.3 is 5.97 Å². The highest BCUT2D eigenvalue weighted by atomic mass is 16.5. The van der Waals surface area contributed by atoms with Gasteiger partial charge in [-0.3, -0.25) is 0 Å². The number of unbranched alkanes of at least 4 members (excludes halogenated alkanes) is 1. The van der Waals surface area contributed by atoms with E-state index in [4.69, 9.17) is 9.47 Å². The number of fused-ring (bicyclic) bond motifs is 1. The molecule has 25 heavy (non-hydrogen) atoms. The summed E-state index contributed by atoms with van der Waals surface area (Å²) in [7, 11) is 1.56. The minimum absolute atomic E-state index is 0.349. The minimum Gasteiger partial charge on any atom is -0.496 e. The van der Waals surface area contributed by atoms with E-state index in [9.17, 15) is 4.79 Å². The van der Waals surface area contributed by atoms with Crippen molar-refractivity contribution in [2.24, 2.45) is 0 Å². The molecule has 1 aromatic heterocycles. The van der Waals surface area contributed by atoms with Crippen LogP contribution in [0, 0.1) is 0 Å². The molecule has 0 fully saturated rings. The number of carbonyl (C=O) groups excluding carboxylic acids is 1. The van der Waals surface area contributed by atoms with Crippen molar-refractivity contribution in [3.8, 4) is 17.1 Å². The van der Waals surface area contributed by atoms with Crippen LogP contribution in [0.4, 0.5) is 0 Å². The summed E-state index contributed by atoms with van der Waals surface area (Å²) in [5.74, 6) is 0.749. The van der Waals surface area contributed by atoms with Gasteiger partial charge in [-0.2, -0.15) is 0 Å². The molecule has 0 aliphatic carbocycles. The van der Waals surface area contributed by atoms with Crippen molar-refractivity contribution in [1.82, 2.24) is 9.97 Å². The van der Waals surface area contributed by atoms with Crippen LogP contribution in [-0.4, -0.2) is 29.7 Å². The van der Waals surface area contributed by atoms with E-state index >= 15 is 0 Å². The average Bonchev–Trinajstić information content (AvgIpc) is 2.67. The van der Waals surface area contributed by atoms with Crippen molar-refractivity contribution >= 4 is 16.9 Å². The SMILES string of the molecule is CCCCOC(=O)c1ccc(-c2ncc3ccccc3n2)c(OC)c1. The van der Waals surface area contributed by atoms with Crippen molar-refractivity contribution in [3.05, 3.63) is 54.2 Å². The number of benzene rings is 2. The number of carbonyl (C=O) groups is 1. The molecule has 5 heteroatoms. The van der Waals surface area contributed by atoms with Crippen LogP contribution in [0.15, 0.2) is 48.7 Å². The monoisotopic (exact) mass is 336 g/mol. The summed E-state index contributed by atoms with van der Waals surface area (Å²) in [6.07, 6.45) is 3.62. The van der Waals surface area contributed by atoms with E-state index in [-0.39, 0.29) is 5.97 Å². The van der Waals surface area contributed by atoms with Crippen LogP contribution in [0.2, 0.25) is 0 Å². The second-order valence-electron chi connectivity index (χ2n) is 5.66. The zero-order valence-corrected chi connectivity index (χ0v) is 14.4. The van der Waals surface area contributed by atoms with Gasteiger partial charge in [0.05, 0.1) is 30.4 Å². The van der Waals surface area contributed by atoms with Crippen LogP contribution in [0.5, 0.6) is 5.75 Å². The number of para-hydroxylation sites is 1. The summed E-state index contributed by atoms with van der Waals surface area (Å²) in [5, 5.41) is 0.973. The molecule has 0 aliphatic heterocycles. The molecule has 0 bridgehead atoms. The molecule has 0 amide bonds. The highest BCUT2D eigenvalue weighted by molar-refractivity contribution is 5.91. The molecule has 0 N–H and O–H groups in total. The molecule has 1 heterocycles. The summed E-state index contributed by atoms with van der Waals surface area (Å²) in [6.45, 7) is 2.47. The number of hydrogen-bond donors (Lipinski definition) is 0. The predicted molar refractivity (Wildman–Crippen MR) is 96.7 cm³/mol. The Bertz CT molecular complexity index is 893. The van der Waals surface area contributed by atoms with E-state index in [1.807, 2.05) is 24.3 Å². The largest absolute Gasteiger partial charge is 0.496 e. The van der Waals surface area contributed by atoms with Gasteiger partial charge in [-0.05, 0) is 30.7 Å². The fourth-order valence-electron chi connectivity index (χ4n) is 2.50. The molecule has 2 aromatic carbocycles. The van der Waals surface area contributed by atoms with Crippen LogP contribution in [0.1, 0.15) is 30.1 Å². The Labute approximate surface area is 146 Å². The Morgan fingerprint density at radius 2 is 2.00 bits per heavy atom. The van der Waals surface area contributed by atoms with E-state index in [0.717, 1.165) is 29.3 Å². The summed E-state index contributed by atoms with van der Waals surface area (Å²) < 4.78 is 10.7. The van der Waals surface area contributed by atoms with Crippen LogP contribution in [0.25, 0.3) is 22.3 Å². The summed E-state index contributed by atoms with van der Waals surface area (Å²) in [4.78, 5) is 21.1. The highest BCUT2D eigenvalue weighted by Gasteiger charge is 2.14. The van der Waals surface area contributed by atoms with Gasteiger partial charge in [-0.1, -0.05) is 31.5 Å². The number of rotatable bonds is 6. The van der Waals surface area contributed by atoms with Gasteiger partial charge in [0.15, 0.2) is 5.82 Å². The Hall–Kier alpha value is -2.95. The Morgan fingerprint density at radius 3 is 2.80 bits per heavy atom. The van der Waals surface area contributed by atoms with E-state index < -0.39 is 0 Å². The predicted octanol–water partition coefficient (Wildman–Crippen LogP) is 4.26. The molecule has 0 unspecified atom stereocenters. The smallest absolute Gasteiger partial charge is 0.338 e. The number of methoxy groups -OCH3 is 1. The van der Waals surface area contributed by atoms with Gasteiger partial charge in [0.2, 0.25) is 0 Å². The lowest BCUT2D eigenvalue weighted by atomic mass is 10.1. The van der Waals surface area contributed by atoms with Crippen molar-refractivity contribution < 1.29 is 14.3 Å². The second kappa shape index (κ2) is 7.75. The summed E-state index contributed by atoms with van der Waals surface area (Å²) in [6, 6.07) is 13.0. The Balaban J connectivity index is 1.91. The first kappa shape index (κ1) is 16.9. The van der Waals surface area contributed by atoms with Gasteiger partial charge in [0, 0.05) is 11.6 Å². The molecule has 0 spiro atoms.